The zero-order chi connectivity index (χ0) is 24.5. The van der Waals surface area contributed by atoms with E-state index in [1.54, 1.807) is 30.5 Å². The normalized spacial score (nSPS) is 10.4. The SMILES string of the molecule is O=C(NCc1ccccc1-c1ccccc1C(=O)NCCc1ccccn1)Nc1ccc(Cl)cc1. The van der Waals surface area contributed by atoms with Crippen molar-refractivity contribution in [3.63, 3.8) is 0 Å². The van der Waals surface area contributed by atoms with E-state index in [1.807, 2.05) is 66.7 Å². The number of carbonyl (C=O) groups is 2. The van der Waals surface area contributed by atoms with E-state index in [-0.39, 0.29) is 11.9 Å². The first-order valence-electron chi connectivity index (χ1n) is 11.3. The molecule has 6 nitrogen and oxygen atoms in total. The minimum atomic E-state index is -0.331. The van der Waals surface area contributed by atoms with Crippen molar-refractivity contribution in [1.29, 1.82) is 0 Å². The van der Waals surface area contributed by atoms with Gasteiger partial charge in [0.15, 0.2) is 0 Å². The van der Waals surface area contributed by atoms with Crippen LogP contribution in [0, 0.1) is 0 Å². The van der Waals surface area contributed by atoms with E-state index in [0.717, 1.165) is 22.4 Å². The van der Waals surface area contributed by atoms with Gasteiger partial charge in [0.05, 0.1) is 0 Å². The number of anilines is 1. The van der Waals surface area contributed by atoms with E-state index in [2.05, 4.69) is 20.9 Å². The number of carbonyl (C=O) groups excluding carboxylic acids is 2. The summed E-state index contributed by atoms with van der Waals surface area (Å²) in [6, 6.07) is 27.5. The van der Waals surface area contributed by atoms with Crippen LogP contribution >= 0.6 is 11.6 Å². The number of halogens is 1. The lowest BCUT2D eigenvalue weighted by Crippen LogP contribution is -2.28. The van der Waals surface area contributed by atoms with Gasteiger partial charge >= 0.3 is 6.03 Å². The summed E-state index contributed by atoms with van der Waals surface area (Å²) in [6.45, 7) is 0.781. The predicted octanol–water partition coefficient (Wildman–Crippen LogP) is 5.70. The number of nitrogens with zero attached hydrogens (tertiary/aromatic N) is 1. The monoisotopic (exact) mass is 484 g/mol. The number of benzene rings is 3. The van der Waals surface area contributed by atoms with Crippen LogP contribution in [0.4, 0.5) is 10.5 Å². The molecule has 0 fully saturated rings. The van der Waals surface area contributed by atoms with Crippen LogP contribution in [0.5, 0.6) is 0 Å². The molecule has 0 saturated heterocycles. The summed E-state index contributed by atoms with van der Waals surface area (Å²) >= 11 is 5.90. The molecule has 35 heavy (non-hydrogen) atoms. The Labute approximate surface area is 209 Å². The number of urea groups is 1. The Morgan fingerprint density at radius 3 is 2.26 bits per heavy atom. The number of hydrogen-bond donors (Lipinski definition) is 3. The second-order valence-corrected chi connectivity index (χ2v) is 8.28. The molecule has 0 aliphatic carbocycles. The molecule has 0 saturated carbocycles. The molecule has 3 N–H and O–H groups in total. The number of rotatable bonds is 8. The Balaban J connectivity index is 1.44. The molecule has 0 spiro atoms. The molecule has 176 valence electrons. The molecule has 0 atom stereocenters. The van der Waals surface area contributed by atoms with Crippen LogP contribution in [0.15, 0.2) is 97.2 Å². The van der Waals surface area contributed by atoms with Crippen LogP contribution in [0.1, 0.15) is 21.6 Å². The van der Waals surface area contributed by atoms with Gasteiger partial charge in [0.2, 0.25) is 0 Å². The molecule has 0 aliphatic heterocycles. The standard InChI is InChI=1S/C28H25ClN4O2/c29-21-12-14-23(15-13-21)33-28(35)32-19-20-7-1-2-9-24(20)25-10-3-4-11-26(25)27(34)31-18-16-22-8-5-6-17-30-22/h1-15,17H,16,18-19H2,(H,31,34)(H2,32,33,35). The minimum Gasteiger partial charge on any atom is -0.352 e. The second kappa shape index (κ2) is 11.8. The molecular weight excluding hydrogens is 460 g/mol. The summed E-state index contributed by atoms with van der Waals surface area (Å²) in [5.74, 6) is -0.153. The van der Waals surface area contributed by atoms with Gasteiger partial charge in [-0.15, -0.1) is 0 Å². The van der Waals surface area contributed by atoms with E-state index in [9.17, 15) is 9.59 Å². The smallest absolute Gasteiger partial charge is 0.319 e. The molecule has 7 heteroatoms. The zero-order valence-corrected chi connectivity index (χ0v) is 19.8. The Morgan fingerprint density at radius 1 is 0.771 bits per heavy atom. The average Bonchev–Trinajstić information content (AvgIpc) is 2.89. The maximum atomic E-state index is 13.0. The zero-order valence-electron chi connectivity index (χ0n) is 19.0. The van der Waals surface area contributed by atoms with Crippen LogP contribution < -0.4 is 16.0 Å². The fraction of sp³-hybridized carbons (Fsp3) is 0.107. The molecule has 0 aliphatic rings. The molecule has 3 aromatic carbocycles. The van der Waals surface area contributed by atoms with Crippen molar-refractivity contribution < 1.29 is 9.59 Å². The van der Waals surface area contributed by atoms with Crippen LogP contribution in [-0.2, 0) is 13.0 Å². The van der Waals surface area contributed by atoms with Gasteiger partial charge in [-0.3, -0.25) is 9.78 Å². The van der Waals surface area contributed by atoms with Crippen molar-refractivity contribution in [3.05, 3.63) is 119 Å². The maximum Gasteiger partial charge on any atom is 0.319 e. The Hall–Kier alpha value is -4.16. The maximum absolute atomic E-state index is 13.0. The lowest BCUT2D eigenvalue weighted by molar-refractivity contribution is 0.0954. The first-order chi connectivity index (χ1) is 17.1. The van der Waals surface area contributed by atoms with Crippen molar-refractivity contribution in [2.24, 2.45) is 0 Å². The fourth-order valence-electron chi connectivity index (χ4n) is 3.68. The van der Waals surface area contributed by atoms with Gasteiger partial charge in [0.25, 0.3) is 5.91 Å². The van der Waals surface area contributed by atoms with Crippen LogP contribution in [0.3, 0.4) is 0 Å². The fourth-order valence-corrected chi connectivity index (χ4v) is 3.81. The van der Waals surface area contributed by atoms with E-state index in [4.69, 9.17) is 11.6 Å². The van der Waals surface area contributed by atoms with E-state index < -0.39 is 0 Å². The van der Waals surface area contributed by atoms with Crippen molar-refractivity contribution in [1.82, 2.24) is 15.6 Å². The molecule has 0 bridgehead atoms. The highest BCUT2D eigenvalue weighted by atomic mass is 35.5. The molecule has 0 radical (unpaired) electrons. The molecular formula is C28H25ClN4O2. The van der Waals surface area contributed by atoms with Gasteiger partial charge in [0, 0.05) is 47.7 Å². The Kier molecular flexibility index (Phi) is 8.09. The van der Waals surface area contributed by atoms with Crippen molar-refractivity contribution in [3.8, 4) is 11.1 Å². The second-order valence-electron chi connectivity index (χ2n) is 7.84. The summed E-state index contributed by atoms with van der Waals surface area (Å²) in [6.07, 6.45) is 2.39. The van der Waals surface area contributed by atoms with Crippen molar-refractivity contribution in [2.75, 3.05) is 11.9 Å². The van der Waals surface area contributed by atoms with Crippen molar-refractivity contribution >= 4 is 29.2 Å². The topological polar surface area (TPSA) is 83.1 Å². The van der Waals surface area contributed by atoms with Gasteiger partial charge in [-0.2, -0.15) is 0 Å². The molecule has 1 heterocycles. The summed E-state index contributed by atoms with van der Waals surface area (Å²) in [5.41, 5.74) is 4.73. The number of aromatic nitrogens is 1. The minimum absolute atomic E-state index is 0.153. The predicted molar refractivity (Wildman–Crippen MR) is 139 cm³/mol. The van der Waals surface area contributed by atoms with Crippen molar-refractivity contribution in [2.45, 2.75) is 13.0 Å². The molecule has 4 rings (SSSR count). The largest absolute Gasteiger partial charge is 0.352 e. The molecule has 3 amide bonds. The summed E-state index contributed by atoms with van der Waals surface area (Å²) < 4.78 is 0. The lowest BCUT2D eigenvalue weighted by atomic mass is 9.95. The highest BCUT2D eigenvalue weighted by molar-refractivity contribution is 6.30. The molecule has 0 unspecified atom stereocenters. The average molecular weight is 485 g/mol. The van der Waals surface area contributed by atoms with Crippen LogP contribution in [-0.4, -0.2) is 23.5 Å². The van der Waals surface area contributed by atoms with Gasteiger partial charge in [-0.1, -0.05) is 60.1 Å². The first-order valence-corrected chi connectivity index (χ1v) is 11.6. The number of hydrogen-bond acceptors (Lipinski definition) is 3. The lowest BCUT2D eigenvalue weighted by Gasteiger charge is -2.15. The Morgan fingerprint density at radius 2 is 1.49 bits per heavy atom. The van der Waals surface area contributed by atoms with Gasteiger partial charge in [0.1, 0.15) is 0 Å². The molecule has 1 aromatic heterocycles. The van der Waals surface area contributed by atoms with E-state index in [0.29, 0.717) is 35.8 Å². The van der Waals surface area contributed by atoms with E-state index >= 15 is 0 Å². The van der Waals surface area contributed by atoms with Gasteiger partial charge in [-0.25, -0.2) is 4.79 Å². The molecule has 4 aromatic rings. The highest BCUT2D eigenvalue weighted by Crippen LogP contribution is 2.27. The first kappa shape index (κ1) is 24.0. The number of nitrogens with one attached hydrogen (secondary N) is 3. The third-order valence-corrected chi connectivity index (χ3v) is 5.67. The highest BCUT2D eigenvalue weighted by Gasteiger charge is 2.15. The number of pyridine rings is 1. The van der Waals surface area contributed by atoms with Gasteiger partial charge in [-0.05, 0) is 59.2 Å². The quantitative estimate of drug-likeness (QED) is 0.300. The van der Waals surface area contributed by atoms with Gasteiger partial charge < -0.3 is 16.0 Å². The van der Waals surface area contributed by atoms with E-state index in [1.165, 1.54) is 0 Å². The summed E-state index contributed by atoms with van der Waals surface area (Å²) in [4.78, 5) is 29.7. The third kappa shape index (κ3) is 6.68. The van der Waals surface area contributed by atoms with Crippen LogP contribution in [0.2, 0.25) is 5.02 Å². The Bertz CT molecular complexity index is 1290. The van der Waals surface area contributed by atoms with Crippen LogP contribution in [0.25, 0.3) is 11.1 Å². The number of amides is 3. The summed E-state index contributed by atoms with van der Waals surface area (Å²) in [7, 11) is 0. The third-order valence-electron chi connectivity index (χ3n) is 5.41. The summed E-state index contributed by atoms with van der Waals surface area (Å²) in [5, 5.41) is 9.26.